The van der Waals surface area contributed by atoms with Gasteiger partial charge in [-0.1, -0.05) is 24.8 Å². The topological polar surface area (TPSA) is 17.1 Å². The van der Waals surface area contributed by atoms with Gasteiger partial charge in [0.2, 0.25) is 0 Å². The molecule has 0 spiro atoms. The van der Waals surface area contributed by atoms with Crippen molar-refractivity contribution in [2.24, 2.45) is 0 Å². The van der Waals surface area contributed by atoms with Gasteiger partial charge in [-0.25, -0.2) is 0 Å². The number of carbonyl (C=O) groups excluding carboxylic acids is 1. The van der Waals surface area contributed by atoms with Gasteiger partial charge in [0, 0.05) is 12.8 Å². The van der Waals surface area contributed by atoms with E-state index < -0.39 is 0 Å². The molecule has 12 heavy (non-hydrogen) atoms. The molecule has 1 fully saturated rings. The van der Waals surface area contributed by atoms with Gasteiger partial charge in [0.05, 0.1) is 0 Å². The van der Waals surface area contributed by atoms with Gasteiger partial charge < -0.3 is 0 Å². The number of hydrogen-bond donors (Lipinski definition) is 0. The summed E-state index contributed by atoms with van der Waals surface area (Å²) in [5, 5.41) is 0. The van der Waals surface area contributed by atoms with E-state index >= 15 is 0 Å². The maximum absolute atomic E-state index is 11.1. The molecule has 0 atom stereocenters. The maximum Gasteiger partial charge on any atom is 0.137 e. The second kappa shape index (κ2) is 4.05. The number of ketones is 1. The number of Topliss-reactive ketones (excluding diaryl/α,β-unsaturated/α-hetero) is 1. The van der Waals surface area contributed by atoms with Gasteiger partial charge in [0.1, 0.15) is 5.78 Å². The molecule has 0 aliphatic heterocycles. The van der Waals surface area contributed by atoms with Crippen LogP contribution in [0.25, 0.3) is 0 Å². The molecule has 0 radical (unpaired) electrons. The highest BCUT2D eigenvalue weighted by Gasteiger charge is 2.16. The van der Waals surface area contributed by atoms with Crippen LogP contribution in [0.1, 0.15) is 26.2 Å². The molecule has 1 saturated carbocycles. The monoisotopic (exact) mass is 162 g/mol. The van der Waals surface area contributed by atoms with Crippen molar-refractivity contribution in [3.63, 3.8) is 0 Å². The van der Waals surface area contributed by atoms with Gasteiger partial charge in [-0.05, 0) is 24.5 Å². The highest BCUT2D eigenvalue weighted by atomic mass is 16.1. The fourth-order valence-corrected chi connectivity index (χ4v) is 1.47. The lowest BCUT2D eigenvalue weighted by molar-refractivity contribution is -0.118. The van der Waals surface area contributed by atoms with Crippen LogP contribution in [0.15, 0.2) is 36.0 Å². The molecule has 0 N–H and O–H groups in total. The Bertz CT molecular complexity index is 256. The summed E-state index contributed by atoms with van der Waals surface area (Å²) in [4.78, 5) is 11.1. The molecule has 0 aromatic carbocycles. The minimum absolute atomic E-state index is 0.351. The summed E-state index contributed by atoms with van der Waals surface area (Å²) >= 11 is 0. The quantitative estimate of drug-likeness (QED) is 0.579. The lowest BCUT2D eigenvalue weighted by Crippen LogP contribution is -2.09. The molecule has 0 bridgehead atoms. The van der Waals surface area contributed by atoms with Crippen molar-refractivity contribution in [3.05, 3.63) is 36.0 Å². The standard InChI is InChI=1S/C11H14O/c1-3-5-10-6-7-11(12)8-9(10)4-2/h3-5H,1,6-8H2,2H3/b9-4-,10-5-. The van der Waals surface area contributed by atoms with Gasteiger partial charge in [0.15, 0.2) is 0 Å². The zero-order chi connectivity index (χ0) is 8.97. The van der Waals surface area contributed by atoms with Crippen LogP contribution in [-0.4, -0.2) is 5.78 Å². The smallest absolute Gasteiger partial charge is 0.137 e. The van der Waals surface area contributed by atoms with E-state index in [2.05, 4.69) is 6.58 Å². The number of carbonyl (C=O) groups is 1. The van der Waals surface area contributed by atoms with Gasteiger partial charge in [-0.3, -0.25) is 4.79 Å². The van der Waals surface area contributed by atoms with Crippen LogP contribution in [0.4, 0.5) is 0 Å². The van der Waals surface area contributed by atoms with Crippen molar-refractivity contribution in [1.82, 2.24) is 0 Å². The van der Waals surface area contributed by atoms with Crippen LogP contribution < -0.4 is 0 Å². The Morgan fingerprint density at radius 3 is 2.67 bits per heavy atom. The zero-order valence-corrected chi connectivity index (χ0v) is 7.47. The van der Waals surface area contributed by atoms with Crippen molar-refractivity contribution >= 4 is 5.78 Å². The van der Waals surface area contributed by atoms with Gasteiger partial charge in [-0.15, -0.1) is 0 Å². The number of rotatable bonds is 1. The minimum atomic E-state index is 0.351. The summed E-state index contributed by atoms with van der Waals surface area (Å²) in [7, 11) is 0. The fraction of sp³-hybridized carbons (Fsp3) is 0.364. The van der Waals surface area contributed by atoms with Gasteiger partial charge in [0.25, 0.3) is 0 Å². The summed E-state index contributed by atoms with van der Waals surface area (Å²) < 4.78 is 0. The Hall–Kier alpha value is -1.11. The molecule has 0 heterocycles. The first kappa shape index (κ1) is 8.98. The van der Waals surface area contributed by atoms with Crippen molar-refractivity contribution in [1.29, 1.82) is 0 Å². The summed E-state index contributed by atoms with van der Waals surface area (Å²) in [6.45, 7) is 5.63. The van der Waals surface area contributed by atoms with Crippen LogP contribution in [0.2, 0.25) is 0 Å². The van der Waals surface area contributed by atoms with Crippen LogP contribution >= 0.6 is 0 Å². The first-order valence-corrected chi connectivity index (χ1v) is 4.26. The third-order valence-corrected chi connectivity index (χ3v) is 2.14. The Kier molecular flexibility index (Phi) is 3.03. The molecular weight excluding hydrogens is 148 g/mol. The van der Waals surface area contributed by atoms with E-state index in [9.17, 15) is 4.79 Å². The molecule has 1 aliphatic rings. The molecular formula is C11H14O. The van der Waals surface area contributed by atoms with Gasteiger partial charge in [-0.2, -0.15) is 0 Å². The number of allylic oxidation sites excluding steroid dienone is 5. The highest BCUT2D eigenvalue weighted by molar-refractivity contribution is 5.84. The second-order valence-corrected chi connectivity index (χ2v) is 2.96. The maximum atomic E-state index is 11.1. The fourth-order valence-electron chi connectivity index (χ4n) is 1.47. The Morgan fingerprint density at radius 1 is 1.33 bits per heavy atom. The highest BCUT2D eigenvalue weighted by Crippen LogP contribution is 2.26. The lowest BCUT2D eigenvalue weighted by atomic mass is 9.88. The van der Waals surface area contributed by atoms with Crippen molar-refractivity contribution < 1.29 is 4.79 Å². The second-order valence-electron chi connectivity index (χ2n) is 2.96. The molecule has 0 unspecified atom stereocenters. The predicted molar refractivity (Wildman–Crippen MR) is 50.9 cm³/mol. The van der Waals surface area contributed by atoms with E-state index in [1.165, 1.54) is 11.1 Å². The lowest BCUT2D eigenvalue weighted by Gasteiger charge is -2.16. The van der Waals surface area contributed by atoms with Crippen LogP contribution in [0.5, 0.6) is 0 Å². The summed E-state index contributed by atoms with van der Waals surface area (Å²) in [5.41, 5.74) is 2.44. The Labute approximate surface area is 73.5 Å². The van der Waals surface area contributed by atoms with Crippen molar-refractivity contribution in [2.75, 3.05) is 0 Å². The van der Waals surface area contributed by atoms with Crippen LogP contribution in [0, 0.1) is 0 Å². The van der Waals surface area contributed by atoms with E-state index in [0.29, 0.717) is 18.6 Å². The van der Waals surface area contributed by atoms with E-state index in [1.807, 2.05) is 19.1 Å². The molecule has 1 nitrogen and oxygen atoms in total. The van der Waals surface area contributed by atoms with E-state index in [0.717, 1.165) is 6.42 Å². The molecule has 0 saturated heterocycles. The molecule has 0 aromatic rings. The van der Waals surface area contributed by atoms with E-state index in [4.69, 9.17) is 0 Å². The molecule has 0 aromatic heterocycles. The minimum Gasteiger partial charge on any atom is -0.299 e. The zero-order valence-electron chi connectivity index (χ0n) is 7.47. The first-order valence-electron chi connectivity index (χ1n) is 4.26. The Balaban J connectivity index is 2.83. The third-order valence-electron chi connectivity index (χ3n) is 2.14. The summed E-state index contributed by atoms with van der Waals surface area (Å²) in [6, 6.07) is 0. The molecule has 0 amide bonds. The third kappa shape index (κ3) is 1.94. The number of hydrogen-bond acceptors (Lipinski definition) is 1. The summed E-state index contributed by atoms with van der Waals surface area (Å²) in [6.07, 6.45) is 7.99. The summed E-state index contributed by atoms with van der Waals surface area (Å²) in [5.74, 6) is 0.351. The Morgan fingerprint density at radius 2 is 2.08 bits per heavy atom. The largest absolute Gasteiger partial charge is 0.299 e. The SMILES string of the molecule is C=C/C=C1/CCC(=O)C/C1=C/C. The first-order chi connectivity index (χ1) is 5.77. The molecule has 1 rings (SSSR count). The normalized spacial score (nSPS) is 24.9. The van der Waals surface area contributed by atoms with Crippen LogP contribution in [-0.2, 0) is 4.79 Å². The average Bonchev–Trinajstić information content (AvgIpc) is 2.08. The molecule has 1 heteroatoms. The molecule has 1 aliphatic carbocycles. The molecule has 64 valence electrons. The van der Waals surface area contributed by atoms with Crippen molar-refractivity contribution in [3.8, 4) is 0 Å². The van der Waals surface area contributed by atoms with Crippen LogP contribution in [0.3, 0.4) is 0 Å². The average molecular weight is 162 g/mol. The van der Waals surface area contributed by atoms with E-state index in [-0.39, 0.29) is 0 Å². The van der Waals surface area contributed by atoms with Gasteiger partial charge >= 0.3 is 0 Å². The van der Waals surface area contributed by atoms with E-state index in [1.54, 1.807) is 6.08 Å². The predicted octanol–water partition coefficient (Wildman–Crippen LogP) is 2.80. The van der Waals surface area contributed by atoms with Crippen molar-refractivity contribution in [2.45, 2.75) is 26.2 Å².